The van der Waals surface area contributed by atoms with Crippen LogP contribution in [0, 0.1) is 0 Å². The molecule has 0 aliphatic rings. The molecular weight excluding hydrogens is 335 g/mol. The molecule has 0 spiro atoms. The molecule has 0 bridgehead atoms. The van der Waals surface area contributed by atoms with E-state index in [1.165, 1.54) is 11.4 Å². The summed E-state index contributed by atoms with van der Waals surface area (Å²) in [6.07, 6.45) is 1.07. The van der Waals surface area contributed by atoms with Crippen LogP contribution in [0.4, 0.5) is 0 Å². The monoisotopic (exact) mass is 358 g/mol. The first-order chi connectivity index (χ1) is 9.36. The predicted octanol–water partition coefficient (Wildman–Crippen LogP) is 3.69. The van der Waals surface area contributed by atoms with Crippen molar-refractivity contribution in [3.63, 3.8) is 0 Å². The molecule has 0 aromatic rings. The summed E-state index contributed by atoms with van der Waals surface area (Å²) in [5, 5.41) is -0.561. The molecule has 0 aliphatic carbocycles. The minimum absolute atomic E-state index is 0.0241. The number of ether oxygens (including phenoxy) is 2. The number of esters is 2. The summed E-state index contributed by atoms with van der Waals surface area (Å²) in [7, 11) is 0. The van der Waals surface area contributed by atoms with E-state index in [1.54, 1.807) is 25.2 Å². The van der Waals surface area contributed by atoms with Crippen molar-refractivity contribution in [2.45, 2.75) is 38.9 Å². The third kappa shape index (κ3) is 9.27. The molecule has 0 amide bonds. The lowest BCUT2D eigenvalue weighted by molar-refractivity contribution is -0.149. The minimum Gasteiger partial charge on any atom is -0.466 e. The Labute approximate surface area is 134 Å². The van der Waals surface area contributed by atoms with E-state index in [-0.39, 0.29) is 18.4 Å². The summed E-state index contributed by atoms with van der Waals surface area (Å²) in [4.78, 5) is 23.5. The molecule has 0 heterocycles. The second-order valence-electron chi connectivity index (χ2n) is 3.96. The van der Waals surface area contributed by atoms with Gasteiger partial charge < -0.3 is 9.47 Å². The van der Waals surface area contributed by atoms with E-state index in [2.05, 4.69) is 6.92 Å². The van der Waals surface area contributed by atoms with Gasteiger partial charge in [0, 0.05) is 0 Å². The first-order valence-electron chi connectivity index (χ1n) is 6.58. The fourth-order valence-corrected chi connectivity index (χ4v) is 10.0. The average Bonchev–Trinajstić information content (AvgIpc) is 2.36. The first kappa shape index (κ1) is 20.3. The average molecular weight is 358 g/mol. The van der Waals surface area contributed by atoms with Crippen molar-refractivity contribution in [3.05, 3.63) is 0 Å². The number of hydrogen-bond donors (Lipinski definition) is 0. The molecule has 4 nitrogen and oxygen atoms in total. The van der Waals surface area contributed by atoms with Crippen molar-refractivity contribution < 1.29 is 19.1 Å². The Kier molecular flexibility index (Phi) is 11.1. The second kappa shape index (κ2) is 10.9. The Morgan fingerprint density at radius 2 is 1.80 bits per heavy atom. The zero-order chi connectivity index (χ0) is 15.6. The van der Waals surface area contributed by atoms with Crippen LogP contribution in [-0.2, 0) is 30.9 Å². The lowest BCUT2D eigenvalue weighted by Crippen LogP contribution is -2.24. The van der Waals surface area contributed by atoms with Gasteiger partial charge in [-0.3, -0.25) is 9.59 Å². The lowest BCUT2D eigenvalue weighted by Gasteiger charge is -2.21. The van der Waals surface area contributed by atoms with Gasteiger partial charge in [0.05, 0.1) is 24.1 Å². The summed E-state index contributed by atoms with van der Waals surface area (Å²) in [6, 6.07) is 0. The van der Waals surface area contributed by atoms with Crippen LogP contribution in [0.15, 0.2) is 0 Å². The van der Waals surface area contributed by atoms with Gasteiger partial charge in [-0.1, -0.05) is 30.1 Å². The topological polar surface area (TPSA) is 52.6 Å². The van der Waals surface area contributed by atoms with Crippen LogP contribution < -0.4 is 0 Å². The van der Waals surface area contributed by atoms with Crippen LogP contribution in [0.3, 0.4) is 0 Å². The highest BCUT2D eigenvalue weighted by Gasteiger charge is 2.29. The number of rotatable bonds is 10. The van der Waals surface area contributed by atoms with Crippen molar-refractivity contribution in [2.24, 2.45) is 0 Å². The highest BCUT2D eigenvalue weighted by molar-refractivity contribution is 9.00. The molecule has 20 heavy (non-hydrogen) atoms. The number of hydrogen-bond acceptors (Lipinski definition) is 7. The summed E-state index contributed by atoms with van der Waals surface area (Å²) in [5.41, 5.74) is 0. The van der Waals surface area contributed by atoms with E-state index in [0.29, 0.717) is 13.2 Å². The minimum atomic E-state index is -1.76. The zero-order valence-electron chi connectivity index (χ0n) is 12.4. The van der Waals surface area contributed by atoms with Crippen molar-refractivity contribution in [3.8, 4) is 0 Å². The van der Waals surface area contributed by atoms with Gasteiger partial charge in [0.1, 0.15) is 5.25 Å². The Bertz CT molecular complexity index is 363. The Hall–Kier alpha value is 0.290. The Balaban J connectivity index is 4.71. The summed E-state index contributed by atoms with van der Waals surface area (Å²) in [5.74, 6) is 0.211. The molecule has 0 saturated heterocycles. The van der Waals surface area contributed by atoms with Gasteiger partial charge >= 0.3 is 11.9 Å². The molecule has 0 aromatic carbocycles. The smallest absolute Gasteiger partial charge is 0.320 e. The van der Waals surface area contributed by atoms with E-state index in [9.17, 15) is 9.59 Å². The molecule has 2 unspecified atom stereocenters. The SMILES string of the molecule is CCCSP(C)(=S)SC(CC(=O)OCC)C(=O)OCC. The summed E-state index contributed by atoms with van der Waals surface area (Å²) < 4.78 is 8.18. The van der Waals surface area contributed by atoms with Crippen molar-refractivity contribution in [2.75, 3.05) is 25.6 Å². The fraction of sp³-hybridized carbons (Fsp3) is 0.833. The van der Waals surface area contributed by atoms with Gasteiger partial charge in [-0.05, 0) is 32.7 Å². The van der Waals surface area contributed by atoms with Crippen LogP contribution in [0.2, 0.25) is 0 Å². The molecular formula is C12H23O4PS3. The van der Waals surface area contributed by atoms with Crippen molar-refractivity contribution in [1.82, 2.24) is 0 Å². The van der Waals surface area contributed by atoms with E-state index >= 15 is 0 Å². The number of carbonyl (C=O) groups excluding carboxylic acids is 2. The molecule has 0 radical (unpaired) electrons. The van der Waals surface area contributed by atoms with Gasteiger partial charge in [-0.2, -0.15) is 0 Å². The summed E-state index contributed by atoms with van der Waals surface area (Å²) in [6.45, 7) is 8.18. The molecule has 0 aliphatic heterocycles. The fourth-order valence-electron chi connectivity index (χ4n) is 1.29. The standard InChI is InChI=1S/C12H23O4PS3/c1-5-8-19-17(4,18)20-10(12(14)16-7-3)9-11(13)15-6-2/h10H,5-9H2,1-4H3. The molecule has 2 atom stereocenters. The molecule has 0 N–H and O–H groups in total. The second-order valence-corrected chi connectivity index (χ2v) is 17.0. The normalized spacial score (nSPS) is 15.2. The van der Waals surface area contributed by atoms with E-state index in [4.69, 9.17) is 21.3 Å². The third-order valence-electron chi connectivity index (χ3n) is 2.06. The van der Waals surface area contributed by atoms with Crippen molar-refractivity contribution >= 4 is 51.0 Å². The van der Waals surface area contributed by atoms with Crippen LogP contribution in [-0.4, -0.2) is 42.8 Å². The maximum absolute atomic E-state index is 11.9. The highest BCUT2D eigenvalue weighted by Crippen LogP contribution is 2.68. The first-order valence-corrected chi connectivity index (χ1v) is 12.9. The molecule has 0 rings (SSSR count). The quantitative estimate of drug-likeness (QED) is 0.436. The predicted molar refractivity (Wildman–Crippen MR) is 92.2 cm³/mol. The molecule has 0 aromatic heterocycles. The third-order valence-corrected chi connectivity index (χ3v) is 11.4. The molecule has 0 saturated carbocycles. The lowest BCUT2D eigenvalue weighted by atomic mass is 10.3. The van der Waals surface area contributed by atoms with E-state index in [0.717, 1.165) is 12.2 Å². The zero-order valence-corrected chi connectivity index (χ0v) is 15.8. The Morgan fingerprint density at radius 3 is 2.30 bits per heavy atom. The van der Waals surface area contributed by atoms with Crippen LogP contribution >= 0.6 is 27.2 Å². The van der Waals surface area contributed by atoms with Crippen LogP contribution in [0.1, 0.15) is 33.6 Å². The maximum atomic E-state index is 11.9. The van der Waals surface area contributed by atoms with Gasteiger partial charge in [0.25, 0.3) is 0 Å². The van der Waals surface area contributed by atoms with Gasteiger partial charge in [-0.15, -0.1) is 11.4 Å². The van der Waals surface area contributed by atoms with Gasteiger partial charge in [-0.25, -0.2) is 0 Å². The van der Waals surface area contributed by atoms with E-state index < -0.39 is 9.69 Å². The van der Waals surface area contributed by atoms with Crippen LogP contribution in [0.5, 0.6) is 0 Å². The molecule has 8 heteroatoms. The van der Waals surface area contributed by atoms with Crippen molar-refractivity contribution in [1.29, 1.82) is 0 Å². The molecule has 118 valence electrons. The number of carbonyl (C=O) groups is 2. The largest absolute Gasteiger partial charge is 0.466 e. The molecule has 0 fully saturated rings. The van der Waals surface area contributed by atoms with E-state index in [1.807, 2.05) is 6.66 Å². The summed E-state index contributed by atoms with van der Waals surface area (Å²) >= 11 is 8.70. The van der Waals surface area contributed by atoms with Gasteiger partial charge in [0.15, 0.2) is 0 Å². The van der Waals surface area contributed by atoms with Crippen LogP contribution in [0.25, 0.3) is 0 Å². The Morgan fingerprint density at radius 1 is 1.20 bits per heavy atom. The maximum Gasteiger partial charge on any atom is 0.320 e. The van der Waals surface area contributed by atoms with Gasteiger partial charge in [0.2, 0.25) is 0 Å². The highest BCUT2D eigenvalue weighted by atomic mass is 33.2.